The summed E-state index contributed by atoms with van der Waals surface area (Å²) in [5, 5.41) is 2.24. The van der Waals surface area contributed by atoms with E-state index < -0.39 is 23.2 Å². The molecule has 0 bridgehead atoms. The van der Waals surface area contributed by atoms with Gasteiger partial charge in [0.1, 0.15) is 23.6 Å². The van der Waals surface area contributed by atoms with Gasteiger partial charge in [0, 0.05) is 11.3 Å². The summed E-state index contributed by atoms with van der Waals surface area (Å²) in [6, 6.07) is 12.9. The van der Waals surface area contributed by atoms with Gasteiger partial charge in [-0.05, 0) is 24.3 Å². The van der Waals surface area contributed by atoms with Crippen LogP contribution in [0.5, 0.6) is 0 Å². The van der Waals surface area contributed by atoms with E-state index in [9.17, 15) is 13.6 Å². The van der Waals surface area contributed by atoms with Crippen LogP contribution in [0.1, 0.15) is 5.69 Å². The Hall–Kier alpha value is -2.67. The van der Waals surface area contributed by atoms with Gasteiger partial charge in [0.2, 0.25) is 11.8 Å². The molecule has 0 aliphatic heterocycles. The Kier molecular flexibility index (Phi) is 5.45. The van der Waals surface area contributed by atoms with Crippen LogP contribution in [-0.2, 0) is 10.5 Å². The van der Waals surface area contributed by atoms with Crippen LogP contribution in [0.4, 0.5) is 14.5 Å². The van der Waals surface area contributed by atoms with Crippen LogP contribution in [0.3, 0.4) is 0 Å². The van der Waals surface area contributed by atoms with E-state index in [0.29, 0.717) is 17.3 Å². The molecule has 0 spiro atoms. The number of nitrogens with one attached hydrogen (secondary N) is 1. The van der Waals surface area contributed by atoms with E-state index in [2.05, 4.69) is 10.3 Å². The smallest absolute Gasteiger partial charge is 0.234 e. The fourth-order valence-corrected chi connectivity index (χ4v) is 2.83. The number of benzene rings is 2. The Balaban J connectivity index is 1.51. The minimum atomic E-state index is -0.803. The second-order valence-electron chi connectivity index (χ2n) is 5.15. The first-order chi connectivity index (χ1) is 12.1. The van der Waals surface area contributed by atoms with Gasteiger partial charge in [-0.15, -0.1) is 11.8 Å². The van der Waals surface area contributed by atoms with E-state index in [1.165, 1.54) is 24.1 Å². The van der Waals surface area contributed by atoms with Crippen molar-refractivity contribution in [3.05, 3.63) is 72.1 Å². The highest BCUT2D eigenvalue weighted by atomic mass is 32.2. The molecule has 0 fully saturated rings. The molecule has 0 saturated carbocycles. The lowest BCUT2D eigenvalue weighted by molar-refractivity contribution is -0.113. The zero-order chi connectivity index (χ0) is 17.6. The van der Waals surface area contributed by atoms with Crippen LogP contribution in [0.15, 0.2) is 59.2 Å². The molecule has 2 aromatic carbocycles. The lowest BCUT2D eigenvalue weighted by Crippen LogP contribution is -2.16. The molecule has 3 rings (SSSR count). The molecular formula is C18H14F2N2O2S. The fourth-order valence-electron chi connectivity index (χ4n) is 2.13. The molecule has 4 nitrogen and oxygen atoms in total. The summed E-state index contributed by atoms with van der Waals surface area (Å²) >= 11 is 1.27. The van der Waals surface area contributed by atoms with Gasteiger partial charge in [-0.1, -0.05) is 24.3 Å². The van der Waals surface area contributed by atoms with Crippen molar-refractivity contribution >= 4 is 23.4 Å². The predicted molar refractivity (Wildman–Crippen MR) is 93.1 cm³/mol. The second kappa shape index (κ2) is 7.94. The average molecular weight is 360 g/mol. The Labute approximate surface area is 147 Å². The zero-order valence-electron chi connectivity index (χ0n) is 13.0. The van der Waals surface area contributed by atoms with Crippen LogP contribution in [0, 0.1) is 11.6 Å². The molecule has 1 aromatic heterocycles. The van der Waals surface area contributed by atoms with Crippen LogP contribution >= 0.6 is 11.8 Å². The maximum absolute atomic E-state index is 13.5. The van der Waals surface area contributed by atoms with Gasteiger partial charge in [-0.2, -0.15) is 0 Å². The van der Waals surface area contributed by atoms with Gasteiger partial charge in [-0.3, -0.25) is 4.79 Å². The normalized spacial score (nSPS) is 10.6. The highest BCUT2D eigenvalue weighted by molar-refractivity contribution is 7.99. The molecule has 7 heteroatoms. The standard InChI is InChI=1S/C18H14F2N2O2S/c19-14-7-4-8-15(20)17(14)22-16(23)11-25-10-13-9-24-18(21-13)12-5-2-1-3-6-12/h1-9H,10-11H2,(H,22,23). The van der Waals surface area contributed by atoms with Gasteiger partial charge in [-0.25, -0.2) is 13.8 Å². The lowest BCUT2D eigenvalue weighted by atomic mass is 10.2. The van der Waals surface area contributed by atoms with Crippen molar-refractivity contribution in [2.45, 2.75) is 5.75 Å². The average Bonchev–Trinajstić information content (AvgIpc) is 3.08. The number of rotatable bonds is 6. The molecule has 0 atom stereocenters. The van der Waals surface area contributed by atoms with E-state index in [4.69, 9.17) is 4.42 Å². The quantitative estimate of drug-likeness (QED) is 0.704. The van der Waals surface area contributed by atoms with Gasteiger partial charge in [0.25, 0.3) is 0 Å². The number of carbonyl (C=O) groups is 1. The van der Waals surface area contributed by atoms with Crippen molar-refractivity contribution in [2.24, 2.45) is 0 Å². The molecule has 0 aliphatic rings. The monoisotopic (exact) mass is 360 g/mol. The molecule has 1 N–H and O–H groups in total. The Morgan fingerprint density at radius 3 is 2.52 bits per heavy atom. The van der Waals surface area contributed by atoms with Crippen LogP contribution in [-0.4, -0.2) is 16.6 Å². The lowest BCUT2D eigenvalue weighted by Gasteiger charge is -2.06. The van der Waals surface area contributed by atoms with Crippen molar-refractivity contribution in [1.29, 1.82) is 0 Å². The summed E-state index contributed by atoms with van der Waals surface area (Å²) in [4.78, 5) is 16.2. The SMILES string of the molecule is O=C(CSCc1coc(-c2ccccc2)n1)Nc1c(F)cccc1F. The molecule has 0 aliphatic carbocycles. The molecule has 0 radical (unpaired) electrons. The van der Waals surface area contributed by atoms with Crippen molar-refractivity contribution in [1.82, 2.24) is 4.98 Å². The van der Waals surface area contributed by atoms with Crippen LogP contribution in [0.25, 0.3) is 11.5 Å². The summed E-state index contributed by atoms with van der Waals surface area (Å²) in [5.74, 6) is -1.09. The summed E-state index contributed by atoms with van der Waals surface area (Å²) < 4.78 is 32.4. The Bertz CT molecular complexity index is 848. The Morgan fingerprint density at radius 1 is 1.08 bits per heavy atom. The summed E-state index contributed by atoms with van der Waals surface area (Å²) in [5.41, 5.74) is 1.13. The molecule has 3 aromatic rings. The molecular weight excluding hydrogens is 346 g/mol. The number of para-hydroxylation sites is 1. The number of anilines is 1. The van der Waals surface area contributed by atoms with Crippen LogP contribution in [0.2, 0.25) is 0 Å². The first-order valence-electron chi connectivity index (χ1n) is 7.45. The van der Waals surface area contributed by atoms with Gasteiger partial charge >= 0.3 is 0 Å². The number of amides is 1. The van der Waals surface area contributed by atoms with Crippen molar-refractivity contribution in [2.75, 3.05) is 11.1 Å². The van der Waals surface area contributed by atoms with Gasteiger partial charge in [0.15, 0.2) is 0 Å². The third-order valence-corrected chi connectivity index (χ3v) is 4.25. The van der Waals surface area contributed by atoms with E-state index in [0.717, 1.165) is 17.7 Å². The first kappa shape index (κ1) is 17.2. The fraction of sp³-hybridized carbons (Fsp3) is 0.111. The van der Waals surface area contributed by atoms with E-state index in [1.54, 1.807) is 0 Å². The molecule has 0 saturated heterocycles. The zero-order valence-corrected chi connectivity index (χ0v) is 13.9. The number of thioether (sulfide) groups is 1. The highest BCUT2D eigenvalue weighted by Crippen LogP contribution is 2.21. The molecule has 0 unspecified atom stereocenters. The molecule has 128 valence electrons. The summed E-state index contributed by atoms with van der Waals surface area (Å²) in [7, 11) is 0. The number of carbonyl (C=O) groups excluding carboxylic acids is 1. The van der Waals surface area contributed by atoms with E-state index in [1.807, 2.05) is 30.3 Å². The largest absolute Gasteiger partial charge is 0.444 e. The molecule has 25 heavy (non-hydrogen) atoms. The molecule has 1 amide bonds. The number of oxazole rings is 1. The van der Waals surface area contributed by atoms with Crippen molar-refractivity contribution in [3.8, 4) is 11.5 Å². The van der Waals surface area contributed by atoms with Crippen molar-refractivity contribution in [3.63, 3.8) is 0 Å². The van der Waals surface area contributed by atoms with Crippen LogP contribution < -0.4 is 5.32 Å². The maximum Gasteiger partial charge on any atom is 0.234 e. The predicted octanol–water partition coefficient (Wildman–Crippen LogP) is 4.49. The number of aromatic nitrogens is 1. The topological polar surface area (TPSA) is 55.1 Å². The minimum absolute atomic E-state index is 0.0430. The summed E-state index contributed by atoms with van der Waals surface area (Å²) in [6.07, 6.45) is 1.53. The third kappa shape index (κ3) is 4.45. The number of nitrogens with zero attached hydrogens (tertiary/aromatic N) is 1. The maximum atomic E-state index is 13.5. The minimum Gasteiger partial charge on any atom is -0.444 e. The number of hydrogen-bond acceptors (Lipinski definition) is 4. The second-order valence-corrected chi connectivity index (χ2v) is 6.13. The number of hydrogen-bond donors (Lipinski definition) is 1. The summed E-state index contributed by atoms with van der Waals surface area (Å²) in [6.45, 7) is 0. The Morgan fingerprint density at radius 2 is 1.80 bits per heavy atom. The third-order valence-electron chi connectivity index (χ3n) is 3.28. The van der Waals surface area contributed by atoms with Gasteiger partial charge < -0.3 is 9.73 Å². The highest BCUT2D eigenvalue weighted by Gasteiger charge is 2.12. The first-order valence-corrected chi connectivity index (χ1v) is 8.60. The molecule has 1 heterocycles. The van der Waals surface area contributed by atoms with Crippen molar-refractivity contribution < 1.29 is 18.0 Å². The van der Waals surface area contributed by atoms with E-state index in [-0.39, 0.29) is 5.75 Å². The number of halogens is 2. The van der Waals surface area contributed by atoms with Gasteiger partial charge in [0.05, 0.1) is 11.4 Å². The van der Waals surface area contributed by atoms with E-state index >= 15 is 0 Å².